The predicted octanol–water partition coefficient (Wildman–Crippen LogP) is 1.54. The quantitative estimate of drug-likeness (QED) is 0.809. The molecule has 0 spiro atoms. The van der Waals surface area contributed by atoms with Gasteiger partial charge in [-0.05, 0) is 25.0 Å². The van der Waals surface area contributed by atoms with E-state index in [-0.39, 0.29) is 6.10 Å². The number of nitriles is 1. The number of aromatic nitrogens is 1. The van der Waals surface area contributed by atoms with Crippen LogP contribution in [0.5, 0.6) is 0 Å². The maximum atomic E-state index is 8.71. The Hall–Kier alpha value is -1.60. The molecule has 0 aromatic carbocycles. The number of nitrogens with one attached hydrogen (secondary N) is 1. The van der Waals surface area contributed by atoms with Crippen molar-refractivity contribution in [1.29, 1.82) is 5.26 Å². The van der Waals surface area contributed by atoms with Gasteiger partial charge in [-0.2, -0.15) is 5.26 Å². The lowest BCUT2D eigenvalue weighted by atomic mass is 10.2. The summed E-state index contributed by atoms with van der Waals surface area (Å²) >= 11 is 0. The molecule has 1 aliphatic rings. The summed E-state index contributed by atoms with van der Waals surface area (Å²) in [6.07, 6.45) is 4.16. The van der Waals surface area contributed by atoms with E-state index in [2.05, 4.69) is 16.4 Å². The minimum absolute atomic E-state index is 0.289. The molecule has 1 fully saturated rings. The molecule has 2 rings (SSSR count). The zero-order chi connectivity index (χ0) is 10.5. The third-order valence-electron chi connectivity index (χ3n) is 2.42. The first-order valence-corrected chi connectivity index (χ1v) is 5.10. The van der Waals surface area contributed by atoms with E-state index in [0.717, 1.165) is 31.8 Å². The smallest absolute Gasteiger partial charge is 0.127 e. The highest BCUT2D eigenvalue weighted by atomic mass is 16.5. The largest absolute Gasteiger partial charge is 0.376 e. The Kier molecular flexibility index (Phi) is 3.15. The Labute approximate surface area is 88.9 Å². The van der Waals surface area contributed by atoms with E-state index in [4.69, 9.17) is 10.00 Å². The molecule has 0 aliphatic carbocycles. The SMILES string of the molecule is N#Cc1ccnc(NCC2CCCO2)c1. The van der Waals surface area contributed by atoms with Gasteiger partial charge in [0.25, 0.3) is 0 Å². The standard InChI is InChI=1S/C11H13N3O/c12-7-9-3-4-13-11(6-9)14-8-10-2-1-5-15-10/h3-4,6,10H,1-2,5,8H2,(H,13,14). The van der Waals surface area contributed by atoms with Crippen LogP contribution >= 0.6 is 0 Å². The first-order chi connectivity index (χ1) is 7.38. The molecule has 4 nitrogen and oxygen atoms in total. The monoisotopic (exact) mass is 203 g/mol. The number of ether oxygens (including phenoxy) is 1. The van der Waals surface area contributed by atoms with Crippen LogP contribution in [-0.4, -0.2) is 24.2 Å². The van der Waals surface area contributed by atoms with Gasteiger partial charge < -0.3 is 10.1 Å². The fourth-order valence-electron chi connectivity index (χ4n) is 1.62. The van der Waals surface area contributed by atoms with Gasteiger partial charge in [0.05, 0.1) is 17.7 Å². The summed E-state index contributed by atoms with van der Waals surface area (Å²) in [6.45, 7) is 1.62. The molecule has 2 heterocycles. The van der Waals surface area contributed by atoms with E-state index in [1.807, 2.05) is 0 Å². The first kappa shape index (κ1) is 9.94. The van der Waals surface area contributed by atoms with Crippen molar-refractivity contribution in [1.82, 2.24) is 4.98 Å². The topological polar surface area (TPSA) is 57.9 Å². The summed E-state index contributed by atoms with van der Waals surface area (Å²) < 4.78 is 5.48. The maximum absolute atomic E-state index is 8.71. The van der Waals surface area contributed by atoms with Crippen LogP contribution in [0.2, 0.25) is 0 Å². The Morgan fingerprint density at radius 3 is 3.33 bits per heavy atom. The van der Waals surface area contributed by atoms with E-state index >= 15 is 0 Å². The van der Waals surface area contributed by atoms with Crippen molar-refractivity contribution in [2.75, 3.05) is 18.5 Å². The highest BCUT2D eigenvalue weighted by Gasteiger charge is 2.14. The van der Waals surface area contributed by atoms with Crippen LogP contribution in [0.1, 0.15) is 18.4 Å². The highest BCUT2D eigenvalue weighted by Crippen LogP contribution is 2.13. The molecule has 0 bridgehead atoms. The number of hydrogen-bond donors (Lipinski definition) is 1. The van der Waals surface area contributed by atoms with Gasteiger partial charge in [-0.1, -0.05) is 0 Å². The molecule has 1 aromatic rings. The average Bonchev–Trinajstić information content (AvgIpc) is 2.79. The molecule has 1 unspecified atom stereocenters. The fourth-order valence-corrected chi connectivity index (χ4v) is 1.62. The van der Waals surface area contributed by atoms with Crippen LogP contribution in [0, 0.1) is 11.3 Å². The molecule has 1 aromatic heterocycles. The molecule has 15 heavy (non-hydrogen) atoms. The highest BCUT2D eigenvalue weighted by molar-refractivity contribution is 5.42. The van der Waals surface area contributed by atoms with Gasteiger partial charge in [-0.25, -0.2) is 4.98 Å². The summed E-state index contributed by atoms with van der Waals surface area (Å²) in [5, 5.41) is 11.9. The maximum Gasteiger partial charge on any atom is 0.127 e. The molecule has 1 aliphatic heterocycles. The van der Waals surface area contributed by atoms with E-state index in [9.17, 15) is 0 Å². The van der Waals surface area contributed by atoms with Crippen LogP contribution in [0.4, 0.5) is 5.82 Å². The van der Waals surface area contributed by atoms with Crippen molar-refractivity contribution < 1.29 is 4.74 Å². The molecule has 1 saturated heterocycles. The molecular weight excluding hydrogens is 190 g/mol. The first-order valence-electron chi connectivity index (χ1n) is 5.10. The second kappa shape index (κ2) is 4.76. The van der Waals surface area contributed by atoms with Gasteiger partial charge in [0.2, 0.25) is 0 Å². The second-order valence-corrected chi connectivity index (χ2v) is 3.56. The Morgan fingerprint density at radius 1 is 1.67 bits per heavy atom. The molecular formula is C11H13N3O. The third kappa shape index (κ3) is 2.67. The number of pyridine rings is 1. The van der Waals surface area contributed by atoms with E-state index < -0.39 is 0 Å². The minimum atomic E-state index is 0.289. The summed E-state index contributed by atoms with van der Waals surface area (Å²) in [6, 6.07) is 5.52. The van der Waals surface area contributed by atoms with Crippen LogP contribution < -0.4 is 5.32 Å². The lowest BCUT2D eigenvalue weighted by Gasteiger charge is -2.10. The van der Waals surface area contributed by atoms with Crippen LogP contribution in [-0.2, 0) is 4.74 Å². The molecule has 1 N–H and O–H groups in total. The second-order valence-electron chi connectivity index (χ2n) is 3.56. The fraction of sp³-hybridized carbons (Fsp3) is 0.455. The van der Waals surface area contributed by atoms with Crippen molar-refractivity contribution in [3.05, 3.63) is 23.9 Å². The lowest BCUT2D eigenvalue weighted by molar-refractivity contribution is 0.120. The van der Waals surface area contributed by atoms with Crippen LogP contribution in [0.3, 0.4) is 0 Å². The number of nitrogens with zero attached hydrogens (tertiary/aromatic N) is 2. The summed E-state index contributed by atoms with van der Waals surface area (Å²) in [7, 11) is 0. The third-order valence-corrected chi connectivity index (χ3v) is 2.42. The van der Waals surface area contributed by atoms with Crippen LogP contribution in [0.15, 0.2) is 18.3 Å². The van der Waals surface area contributed by atoms with Gasteiger partial charge in [0.1, 0.15) is 5.82 Å². The van der Waals surface area contributed by atoms with Crippen molar-refractivity contribution in [3.63, 3.8) is 0 Å². The zero-order valence-electron chi connectivity index (χ0n) is 8.44. The summed E-state index contributed by atoms with van der Waals surface area (Å²) in [5.74, 6) is 0.740. The van der Waals surface area contributed by atoms with Gasteiger partial charge >= 0.3 is 0 Å². The Bertz CT molecular complexity index is 366. The minimum Gasteiger partial charge on any atom is -0.376 e. The lowest BCUT2D eigenvalue weighted by Crippen LogP contribution is -2.18. The van der Waals surface area contributed by atoms with Gasteiger partial charge in [0.15, 0.2) is 0 Å². The summed E-state index contributed by atoms with van der Waals surface area (Å²) in [4.78, 5) is 4.13. The van der Waals surface area contributed by atoms with Crippen molar-refractivity contribution >= 4 is 5.82 Å². The van der Waals surface area contributed by atoms with Gasteiger partial charge in [0, 0.05) is 19.3 Å². The number of hydrogen-bond acceptors (Lipinski definition) is 4. The molecule has 0 radical (unpaired) electrons. The van der Waals surface area contributed by atoms with E-state index in [1.165, 1.54) is 0 Å². The molecule has 0 amide bonds. The van der Waals surface area contributed by atoms with Crippen LogP contribution in [0.25, 0.3) is 0 Å². The molecule has 78 valence electrons. The Balaban J connectivity index is 1.90. The zero-order valence-corrected chi connectivity index (χ0v) is 8.44. The summed E-state index contributed by atoms with van der Waals surface area (Å²) in [5.41, 5.74) is 0.625. The Morgan fingerprint density at radius 2 is 2.60 bits per heavy atom. The van der Waals surface area contributed by atoms with Crippen molar-refractivity contribution in [2.24, 2.45) is 0 Å². The molecule has 1 atom stereocenters. The van der Waals surface area contributed by atoms with Crippen molar-refractivity contribution in [2.45, 2.75) is 18.9 Å². The normalized spacial score (nSPS) is 19.8. The molecule has 0 saturated carbocycles. The van der Waals surface area contributed by atoms with Crippen molar-refractivity contribution in [3.8, 4) is 6.07 Å². The average molecular weight is 203 g/mol. The van der Waals surface area contributed by atoms with Gasteiger partial charge in [-0.15, -0.1) is 0 Å². The number of anilines is 1. The van der Waals surface area contributed by atoms with E-state index in [0.29, 0.717) is 5.56 Å². The molecule has 4 heteroatoms. The van der Waals surface area contributed by atoms with E-state index in [1.54, 1.807) is 18.3 Å². The van der Waals surface area contributed by atoms with Gasteiger partial charge in [-0.3, -0.25) is 0 Å². The number of rotatable bonds is 3. The predicted molar refractivity (Wildman–Crippen MR) is 56.4 cm³/mol.